The van der Waals surface area contributed by atoms with E-state index in [9.17, 15) is 11.0 Å². The number of pyridine rings is 1. The van der Waals surface area contributed by atoms with E-state index in [1.54, 1.807) is 35.3 Å². The maximum Gasteiger partial charge on any atom is 0.123 e. The Kier molecular flexibility index (Phi) is 6.32. The first-order valence-corrected chi connectivity index (χ1v) is 13.8. The van der Waals surface area contributed by atoms with Crippen LogP contribution in [0.2, 0.25) is 5.02 Å². The molecule has 2 heterocycles. The first-order valence-electron chi connectivity index (χ1n) is 13.9. The SMILES string of the molecule is [2H]C(Nc1cc(Cl)c2ncc(C#N)c(N[C@H]3CCCCC3(C)C)c2c1)(c1ccc(F)cc1)c1cn(C2CC2)nn1. The Bertz CT molecular complexity index is 1610. The van der Waals surface area contributed by atoms with E-state index >= 15 is 0 Å². The van der Waals surface area contributed by atoms with Crippen LogP contribution in [-0.4, -0.2) is 26.0 Å². The van der Waals surface area contributed by atoms with Crippen LogP contribution in [0.15, 0.2) is 48.8 Å². The van der Waals surface area contributed by atoms with Crippen LogP contribution in [0.1, 0.15) is 82.6 Å². The van der Waals surface area contributed by atoms with E-state index in [2.05, 4.69) is 45.8 Å². The number of rotatable bonds is 7. The maximum absolute atomic E-state index is 13.8. The molecule has 2 atom stereocenters. The molecule has 2 saturated carbocycles. The molecular weight excluding hydrogens is 513 g/mol. The zero-order valence-corrected chi connectivity index (χ0v) is 22.8. The average molecular weight is 545 g/mol. The number of hydrogen-bond donors (Lipinski definition) is 2. The molecule has 2 fully saturated rings. The highest BCUT2D eigenvalue weighted by molar-refractivity contribution is 6.35. The summed E-state index contributed by atoms with van der Waals surface area (Å²) in [6, 6.07) is 10.6. The largest absolute Gasteiger partial charge is 0.380 e. The number of fused-ring (bicyclic) bond motifs is 1. The van der Waals surface area contributed by atoms with Gasteiger partial charge in [-0.25, -0.2) is 9.07 Å². The highest BCUT2D eigenvalue weighted by atomic mass is 35.5. The van der Waals surface area contributed by atoms with Crippen molar-refractivity contribution in [3.05, 3.63) is 76.5 Å². The fourth-order valence-electron chi connectivity index (χ4n) is 5.46. The highest BCUT2D eigenvalue weighted by Crippen LogP contribution is 2.41. The molecule has 2 aliphatic rings. The number of hydrogen-bond acceptors (Lipinski definition) is 6. The van der Waals surface area contributed by atoms with E-state index in [-0.39, 0.29) is 11.5 Å². The summed E-state index contributed by atoms with van der Waals surface area (Å²) in [4.78, 5) is 4.50. The first kappa shape index (κ1) is 24.3. The zero-order chi connectivity index (χ0) is 28.1. The molecule has 0 aliphatic heterocycles. The monoisotopic (exact) mass is 544 g/mol. The molecule has 200 valence electrons. The summed E-state index contributed by atoms with van der Waals surface area (Å²) in [7, 11) is 0. The number of aromatic nitrogens is 4. The Hall–Kier alpha value is -3.70. The second-order valence-electron chi connectivity index (χ2n) is 11.3. The molecule has 0 radical (unpaired) electrons. The molecule has 2 aromatic heterocycles. The summed E-state index contributed by atoms with van der Waals surface area (Å²) >= 11 is 6.77. The molecule has 4 aromatic rings. The van der Waals surface area contributed by atoms with Crippen molar-refractivity contribution in [2.75, 3.05) is 10.6 Å². The van der Waals surface area contributed by atoms with Crippen LogP contribution in [0.4, 0.5) is 15.8 Å². The molecule has 0 bridgehead atoms. The van der Waals surface area contributed by atoms with Gasteiger partial charge in [0.25, 0.3) is 0 Å². The van der Waals surface area contributed by atoms with Crippen LogP contribution < -0.4 is 10.6 Å². The minimum absolute atomic E-state index is 0.0620. The second-order valence-corrected chi connectivity index (χ2v) is 11.7. The van der Waals surface area contributed by atoms with E-state index in [1.807, 2.05) is 6.07 Å². The predicted molar refractivity (Wildman–Crippen MR) is 151 cm³/mol. The Morgan fingerprint density at radius 1 is 1.21 bits per heavy atom. The van der Waals surface area contributed by atoms with Gasteiger partial charge in [0.15, 0.2) is 0 Å². The van der Waals surface area contributed by atoms with Crippen molar-refractivity contribution >= 4 is 33.9 Å². The van der Waals surface area contributed by atoms with Crippen molar-refractivity contribution in [2.24, 2.45) is 5.41 Å². The van der Waals surface area contributed by atoms with Crippen molar-refractivity contribution in [1.29, 1.82) is 5.26 Å². The molecular formula is C30H31ClFN7. The standard InChI is InChI=1S/C30H31ClFN7/c1-30(2)12-4-3-5-26(30)36-27-19(15-33)16-34-29-23(27)13-21(14-24(29)31)35-28(18-6-8-20(32)9-7-18)25-17-39(38-37-25)22-10-11-22/h6-9,13-14,16-17,22,26,28,35H,3-5,10-12H2,1-2H3,(H,34,36)/t26-,28?/m0/s1/i28D. The Balaban J connectivity index is 1.45. The van der Waals surface area contributed by atoms with E-state index in [4.69, 9.17) is 11.6 Å². The maximum atomic E-state index is 13.8. The molecule has 0 spiro atoms. The quantitative estimate of drug-likeness (QED) is 0.252. The van der Waals surface area contributed by atoms with Crippen LogP contribution in [0, 0.1) is 22.6 Å². The van der Waals surface area contributed by atoms with Crippen LogP contribution in [0.25, 0.3) is 10.9 Å². The zero-order valence-electron chi connectivity index (χ0n) is 23.0. The van der Waals surface area contributed by atoms with E-state index in [0.717, 1.165) is 32.1 Å². The van der Waals surface area contributed by atoms with Crippen molar-refractivity contribution in [2.45, 2.75) is 70.5 Å². The number of nitrogens with one attached hydrogen (secondary N) is 2. The molecule has 6 rings (SSSR count). The van der Waals surface area contributed by atoms with Crippen molar-refractivity contribution in [3.63, 3.8) is 0 Å². The van der Waals surface area contributed by atoms with Gasteiger partial charge in [0, 0.05) is 23.3 Å². The Labute approximate surface area is 233 Å². The van der Waals surface area contributed by atoms with Gasteiger partial charge in [-0.15, -0.1) is 5.10 Å². The van der Waals surface area contributed by atoms with Gasteiger partial charge in [-0.3, -0.25) is 4.98 Å². The van der Waals surface area contributed by atoms with Gasteiger partial charge in [-0.2, -0.15) is 5.26 Å². The van der Waals surface area contributed by atoms with Crippen LogP contribution in [0.5, 0.6) is 0 Å². The van der Waals surface area contributed by atoms with E-state index < -0.39 is 11.8 Å². The van der Waals surface area contributed by atoms with Gasteiger partial charge >= 0.3 is 0 Å². The molecule has 9 heteroatoms. The summed E-state index contributed by atoms with van der Waals surface area (Å²) in [5.41, 5.74) is 3.18. The number of halogens is 2. The first-order chi connectivity index (χ1) is 19.2. The molecule has 2 aromatic carbocycles. The third-order valence-electron chi connectivity index (χ3n) is 7.96. The number of nitriles is 1. The van der Waals surface area contributed by atoms with E-state index in [0.29, 0.717) is 50.2 Å². The normalized spacial score (nSPS) is 20.6. The lowest BCUT2D eigenvalue weighted by Crippen LogP contribution is -2.39. The van der Waals surface area contributed by atoms with Gasteiger partial charge < -0.3 is 10.6 Å². The predicted octanol–water partition coefficient (Wildman–Crippen LogP) is 7.41. The summed E-state index contributed by atoms with van der Waals surface area (Å²) in [5, 5.41) is 26.6. The van der Waals surface area contributed by atoms with Crippen LogP contribution in [0.3, 0.4) is 0 Å². The minimum Gasteiger partial charge on any atom is -0.380 e. The molecule has 0 amide bonds. The van der Waals surface area contributed by atoms with Gasteiger partial charge in [-0.1, -0.05) is 55.6 Å². The lowest BCUT2D eigenvalue weighted by atomic mass is 9.73. The number of nitrogens with zero attached hydrogens (tertiary/aromatic N) is 5. The van der Waals surface area contributed by atoms with Gasteiger partial charge in [0.05, 0.1) is 41.4 Å². The van der Waals surface area contributed by atoms with Crippen LogP contribution >= 0.6 is 11.6 Å². The number of benzene rings is 2. The second kappa shape index (κ2) is 10.1. The van der Waals surface area contributed by atoms with Crippen LogP contribution in [-0.2, 0) is 0 Å². The molecule has 7 nitrogen and oxygen atoms in total. The lowest BCUT2D eigenvalue weighted by molar-refractivity contribution is 0.217. The van der Waals surface area contributed by atoms with E-state index in [1.165, 1.54) is 18.6 Å². The average Bonchev–Trinajstić information content (AvgIpc) is 3.65. The molecule has 2 aliphatic carbocycles. The topological polar surface area (TPSA) is 91.5 Å². The molecule has 0 saturated heterocycles. The smallest absolute Gasteiger partial charge is 0.123 e. The molecule has 2 N–H and O–H groups in total. The number of anilines is 2. The summed E-state index contributed by atoms with van der Waals surface area (Å²) < 4.78 is 25.2. The third kappa shape index (κ3) is 5.16. The fourth-order valence-corrected chi connectivity index (χ4v) is 5.73. The van der Waals surface area contributed by atoms with Crippen molar-refractivity contribution in [3.8, 4) is 6.07 Å². The van der Waals surface area contributed by atoms with Gasteiger partial charge in [0.1, 0.15) is 17.6 Å². The Morgan fingerprint density at radius 3 is 2.72 bits per heavy atom. The third-order valence-corrected chi connectivity index (χ3v) is 8.25. The minimum atomic E-state index is -1.59. The summed E-state index contributed by atoms with van der Waals surface area (Å²) in [6.45, 7) is 4.51. The Morgan fingerprint density at radius 2 is 2.00 bits per heavy atom. The van der Waals surface area contributed by atoms with Crippen molar-refractivity contribution < 1.29 is 5.76 Å². The molecule has 1 unspecified atom stereocenters. The fraction of sp³-hybridized carbons (Fsp3) is 0.400. The summed E-state index contributed by atoms with van der Waals surface area (Å²) in [6.07, 6.45) is 9.81. The summed E-state index contributed by atoms with van der Waals surface area (Å²) in [5.74, 6) is -0.391. The van der Waals surface area contributed by atoms with Gasteiger partial charge in [-0.05, 0) is 60.9 Å². The molecule has 39 heavy (non-hydrogen) atoms. The highest BCUT2D eigenvalue weighted by Gasteiger charge is 2.33. The lowest BCUT2D eigenvalue weighted by Gasteiger charge is -2.40. The van der Waals surface area contributed by atoms with Gasteiger partial charge in [0.2, 0.25) is 0 Å². The van der Waals surface area contributed by atoms with Crippen molar-refractivity contribution in [1.82, 2.24) is 20.0 Å².